The zero-order valence-corrected chi connectivity index (χ0v) is 14.6. The minimum absolute atomic E-state index is 0.0870. The van der Waals surface area contributed by atoms with Crippen molar-refractivity contribution in [2.24, 2.45) is 0 Å². The van der Waals surface area contributed by atoms with Gasteiger partial charge in [0, 0.05) is 11.1 Å². The van der Waals surface area contributed by atoms with E-state index >= 15 is 0 Å². The summed E-state index contributed by atoms with van der Waals surface area (Å²) in [7, 11) is 0. The molecule has 2 aromatic rings. The number of rotatable bonds is 4. The molecule has 1 heterocycles. The fourth-order valence-electron chi connectivity index (χ4n) is 2.23. The van der Waals surface area contributed by atoms with E-state index in [1.165, 1.54) is 6.07 Å². The second-order valence-electron chi connectivity index (χ2n) is 5.37. The molecule has 6 nitrogen and oxygen atoms in total. The first-order valence-corrected chi connectivity index (χ1v) is 8.17. The first kappa shape index (κ1) is 17.4. The number of ether oxygens (including phenoxy) is 2. The molecular weight excluding hydrogens is 367 g/mol. The maximum Gasteiger partial charge on any atom is 0.265 e. The SMILES string of the molecule is CC(Oc1cccc(Cl)c1)C(=O)Nc1cc2c(cc1Cl)NC(=O)CO2. The highest BCUT2D eigenvalue weighted by Crippen LogP contribution is 2.36. The van der Waals surface area contributed by atoms with Crippen LogP contribution >= 0.6 is 23.2 Å². The van der Waals surface area contributed by atoms with Gasteiger partial charge in [0.15, 0.2) is 12.7 Å². The number of hydrogen-bond acceptors (Lipinski definition) is 4. The molecule has 1 atom stereocenters. The molecule has 0 fully saturated rings. The average molecular weight is 381 g/mol. The van der Waals surface area contributed by atoms with Crippen LogP contribution in [0, 0.1) is 0 Å². The van der Waals surface area contributed by atoms with Gasteiger partial charge >= 0.3 is 0 Å². The quantitative estimate of drug-likeness (QED) is 0.846. The van der Waals surface area contributed by atoms with Gasteiger partial charge in [-0.3, -0.25) is 9.59 Å². The summed E-state index contributed by atoms with van der Waals surface area (Å²) in [6.45, 7) is 1.52. The van der Waals surface area contributed by atoms with Crippen molar-refractivity contribution >= 4 is 46.4 Å². The van der Waals surface area contributed by atoms with Crippen molar-refractivity contribution in [1.29, 1.82) is 0 Å². The molecule has 0 radical (unpaired) electrons. The van der Waals surface area contributed by atoms with Crippen molar-refractivity contribution in [1.82, 2.24) is 0 Å². The molecule has 8 heteroatoms. The third-order valence-electron chi connectivity index (χ3n) is 3.44. The van der Waals surface area contributed by atoms with Crippen molar-refractivity contribution in [3.8, 4) is 11.5 Å². The van der Waals surface area contributed by atoms with Crippen LogP contribution in [0.15, 0.2) is 36.4 Å². The van der Waals surface area contributed by atoms with Gasteiger partial charge in [0.2, 0.25) is 0 Å². The zero-order chi connectivity index (χ0) is 18.0. The van der Waals surface area contributed by atoms with Gasteiger partial charge in [0.1, 0.15) is 11.5 Å². The number of halogens is 2. The standard InChI is InChI=1S/C17H14Cl2N2O4/c1-9(25-11-4-2-3-10(18)5-11)17(23)21-13-7-15-14(6-12(13)19)20-16(22)8-24-15/h2-7,9H,8H2,1H3,(H,20,22)(H,21,23). The van der Waals surface area contributed by atoms with Gasteiger partial charge in [-0.05, 0) is 31.2 Å². The molecule has 0 aromatic heterocycles. The third kappa shape index (κ3) is 4.15. The Bertz CT molecular complexity index is 841. The number of nitrogens with one attached hydrogen (secondary N) is 2. The Hall–Kier alpha value is -2.44. The summed E-state index contributed by atoms with van der Waals surface area (Å²) < 4.78 is 10.9. The van der Waals surface area contributed by atoms with E-state index in [4.69, 9.17) is 32.7 Å². The molecule has 130 valence electrons. The Morgan fingerprint density at radius 3 is 2.88 bits per heavy atom. The first-order chi connectivity index (χ1) is 11.9. The van der Waals surface area contributed by atoms with Gasteiger partial charge in [-0.25, -0.2) is 0 Å². The number of carbonyl (C=O) groups excluding carboxylic acids is 2. The maximum absolute atomic E-state index is 12.3. The molecule has 0 saturated carbocycles. The van der Waals surface area contributed by atoms with E-state index in [0.29, 0.717) is 27.9 Å². The van der Waals surface area contributed by atoms with Gasteiger partial charge in [-0.15, -0.1) is 0 Å². The Labute approximate surface area is 154 Å². The molecule has 25 heavy (non-hydrogen) atoms. The van der Waals surface area contributed by atoms with Crippen molar-refractivity contribution in [2.45, 2.75) is 13.0 Å². The molecule has 2 aromatic carbocycles. The minimum atomic E-state index is -0.772. The lowest BCUT2D eigenvalue weighted by atomic mass is 10.2. The van der Waals surface area contributed by atoms with E-state index in [0.717, 1.165) is 0 Å². The largest absolute Gasteiger partial charge is 0.482 e. The Morgan fingerprint density at radius 2 is 2.12 bits per heavy atom. The second-order valence-corrected chi connectivity index (χ2v) is 6.22. The summed E-state index contributed by atoms with van der Waals surface area (Å²) in [5, 5.41) is 6.12. The van der Waals surface area contributed by atoms with Crippen LogP contribution in [-0.2, 0) is 9.59 Å². The minimum Gasteiger partial charge on any atom is -0.482 e. The zero-order valence-electron chi connectivity index (χ0n) is 13.1. The first-order valence-electron chi connectivity index (χ1n) is 7.41. The molecular formula is C17H14Cl2N2O4. The summed E-state index contributed by atoms with van der Waals surface area (Å²) in [6, 6.07) is 9.85. The Morgan fingerprint density at radius 1 is 1.32 bits per heavy atom. The predicted octanol–water partition coefficient (Wildman–Crippen LogP) is 3.73. The topological polar surface area (TPSA) is 76.7 Å². The van der Waals surface area contributed by atoms with Gasteiger partial charge in [0.05, 0.1) is 16.4 Å². The molecule has 2 amide bonds. The van der Waals surface area contributed by atoms with Crippen LogP contribution < -0.4 is 20.1 Å². The van der Waals surface area contributed by atoms with Crippen molar-refractivity contribution in [3.63, 3.8) is 0 Å². The number of fused-ring (bicyclic) bond motifs is 1. The van der Waals surface area contributed by atoms with Crippen LogP contribution in [0.2, 0.25) is 10.0 Å². The number of carbonyl (C=O) groups is 2. The lowest BCUT2D eigenvalue weighted by molar-refractivity contribution is -0.122. The smallest absolute Gasteiger partial charge is 0.265 e. The van der Waals surface area contributed by atoms with E-state index < -0.39 is 6.10 Å². The summed E-state index contributed by atoms with van der Waals surface area (Å²) >= 11 is 12.1. The van der Waals surface area contributed by atoms with E-state index in [9.17, 15) is 9.59 Å². The second kappa shape index (κ2) is 7.21. The number of hydrogen-bond donors (Lipinski definition) is 2. The van der Waals surface area contributed by atoms with Gasteiger partial charge in [-0.2, -0.15) is 0 Å². The Balaban J connectivity index is 1.71. The van der Waals surface area contributed by atoms with E-state index in [-0.39, 0.29) is 23.4 Å². The molecule has 1 aliphatic rings. The van der Waals surface area contributed by atoms with Crippen molar-refractivity contribution in [3.05, 3.63) is 46.4 Å². The van der Waals surface area contributed by atoms with Gasteiger partial charge < -0.3 is 20.1 Å². The Kier molecular flexibility index (Phi) is 5.01. The molecule has 0 spiro atoms. The molecule has 1 unspecified atom stereocenters. The average Bonchev–Trinajstić information content (AvgIpc) is 2.55. The lowest BCUT2D eigenvalue weighted by Crippen LogP contribution is -2.30. The number of anilines is 2. The van der Waals surface area contributed by atoms with E-state index in [1.807, 2.05) is 0 Å². The van der Waals surface area contributed by atoms with Crippen molar-refractivity contribution in [2.75, 3.05) is 17.2 Å². The molecule has 0 saturated heterocycles. The highest BCUT2D eigenvalue weighted by atomic mass is 35.5. The molecule has 0 aliphatic carbocycles. The maximum atomic E-state index is 12.3. The van der Waals surface area contributed by atoms with Crippen molar-refractivity contribution < 1.29 is 19.1 Å². The van der Waals surface area contributed by atoms with Crippen LogP contribution in [0.5, 0.6) is 11.5 Å². The van der Waals surface area contributed by atoms with Crippen LogP contribution in [0.4, 0.5) is 11.4 Å². The summed E-state index contributed by atoms with van der Waals surface area (Å²) in [6.07, 6.45) is -0.772. The summed E-state index contributed by atoms with van der Waals surface area (Å²) in [4.78, 5) is 23.6. The number of amides is 2. The number of benzene rings is 2. The van der Waals surface area contributed by atoms with Gasteiger partial charge in [-0.1, -0.05) is 29.3 Å². The third-order valence-corrected chi connectivity index (χ3v) is 3.99. The highest BCUT2D eigenvalue weighted by molar-refractivity contribution is 6.34. The molecule has 0 bridgehead atoms. The molecule has 3 rings (SSSR count). The fourth-order valence-corrected chi connectivity index (χ4v) is 2.62. The van der Waals surface area contributed by atoms with E-state index in [2.05, 4.69) is 10.6 Å². The van der Waals surface area contributed by atoms with Crippen LogP contribution in [0.25, 0.3) is 0 Å². The monoisotopic (exact) mass is 380 g/mol. The lowest BCUT2D eigenvalue weighted by Gasteiger charge is -2.20. The normalized spacial score (nSPS) is 14.0. The predicted molar refractivity (Wildman–Crippen MR) is 95.7 cm³/mol. The fraction of sp³-hybridized carbons (Fsp3) is 0.176. The van der Waals surface area contributed by atoms with E-state index in [1.54, 1.807) is 37.3 Å². The summed E-state index contributed by atoms with van der Waals surface area (Å²) in [5.74, 6) is 0.269. The summed E-state index contributed by atoms with van der Waals surface area (Å²) in [5.41, 5.74) is 0.825. The molecule has 2 N–H and O–H groups in total. The molecule has 1 aliphatic heterocycles. The van der Waals surface area contributed by atoms with Crippen LogP contribution in [0.1, 0.15) is 6.92 Å². The van der Waals surface area contributed by atoms with Crippen LogP contribution in [0.3, 0.4) is 0 Å². The van der Waals surface area contributed by atoms with Crippen LogP contribution in [-0.4, -0.2) is 24.5 Å². The highest BCUT2D eigenvalue weighted by Gasteiger charge is 2.21. The van der Waals surface area contributed by atoms with Gasteiger partial charge in [0.25, 0.3) is 11.8 Å².